The van der Waals surface area contributed by atoms with Crippen molar-refractivity contribution in [1.29, 1.82) is 0 Å². The number of carbonyl (C=O) groups is 1. The van der Waals surface area contributed by atoms with E-state index in [9.17, 15) is 4.79 Å². The Hall–Kier alpha value is -0.650. The lowest BCUT2D eigenvalue weighted by molar-refractivity contribution is -0.152. The highest BCUT2D eigenvalue weighted by atomic mass is 16.5. The van der Waals surface area contributed by atoms with Crippen molar-refractivity contribution < 1.29 is 14.3 Å². The lowest BCUT2D eigenvalue weighted by atomic mass is 9.58. The van der Waals surface area contributed by atoms with Crippen molar-refractivity contribution >= 4 is 5.91 Å². The molecule has 5 heteroatoms. The van der Waals surface area contributed by atoms with Gasteiger partial charge in [-0.2, -0.15) is 0 Å². The van der Waals surface area contributed by atoms with E-state index in [-0.39, 0.29) is 28.9 Å². The van der Waals surface area contributed by atoms with E-state index in [1.54, 1.807) is 14.2 Å². The zero-order chi connectivity index (χ0) is 16.2. The van der Waals surface area contributed by atoms with E-state index in [2.05, 4.69) is 24.5 Å². The number of methoxy groups -OCH3 is 2. The van der Waals surface area contributed by atoms with Gasteiger partial charge in [0.1, 0.15) is 0 Å². The highest BCUT2D eigenvalue weighted by Gasteiger charge is 2.54. The fourth-order valence-corrected chi connectivity index (χ4v) is 4.41. The van der Waals surface area contributed by atoms with Crippen molar-refractivity contribution in [1.82, 2.24) is 10.6 Å². The van der Waals surface area contributed by atoms with E-state index < -0.39 is 0 Å². The molecule has 1 aliphatic heterocycles. The molecule has 0 aromatic heterocycles. The van der Waals surface area contributed by atoms with E-state index in [0.717, 1.165) is 45.2 Å². The van der Waals surface area contributed by atoms with Crippen LogP contribution in [0, 0.1) is 10.8 Å². The number of piperidine rings is 1. The van der Waals surface area contributed by atoms with Gasteiger partial charge in [0, 0.05) is 25.7 Å². The Morgan fingerprint density at radius 2 is 1.86 bits per heavy atom. The second kappa shape index (κ2) is 7.28. The summed E-state index contributed by atoms with van der Waals surface area (Å²) in [5.74, 6) is 0.168. The SMILES string of the molecule is CCC1(CC)C(NC(=O)C2(COC)CCNCC2)CC1OC. The lowest BCUT2D eigenvalue weighted by Crippen LogP contribution is -2.66. The third-order valence-electron chi connectivity index (χ3n) is 6.15. The molecule has 2 atom stereocenters. The zero-order valence-corrected chi connectivity index (χ0v) is 14.5. The van der Waals surface area contributed by atoms with E-state index >= 15 is 0 Å². The number of carbonyl (C=O) groups excluding carboxylic acids is 1. The van der Waals surface area contributed by atoms with Crippen LogP contribution in [0.5, 0.6) is 0 Å². The van der Waals surface area contributed by atoms with Gasteiger partial charge >= 0.3 is 0 Å². The van der Waals surface area contributed by atoms with Crippen molar-refractivity contribution in [3.05, 3.63) is 0 Å². The summed E-state index contributed by atoms with van der Waals surface area (Å²) >= 11 is 0. The molecule has 0 radical (unpaired) electrons. The van der Waals surface area contributed by atoms with Crippen LogP contribution in [0.4, 0.5) is 0 Å². The molecule has 2 aliphatic rings. The Balaban J connectivity index is 2.07. The first-order chi connectivity index (χ1) is 10.6. The summed E-state index contributed by atoms with van der Waals surface area (Å²) in [6.07, 6.45) is 4.94. The van der Waals surface area contributed by atoms with Gasteiger partial charge in [0.15, 0.2) is 0 Å². The molecule has 0 spiro atoms. The largest absolute Gasteiger partial charge is 0.384 e. The van der Waals surface area contributed by atoms with E-state index in [0.29, 0.717) is 6.61 Å². The van der Waals surface area contributed by atoms with E-state index in [1.165, 1.54) is 0 Å². The Bertz CT molecular complexity index is 371. The number of rotatable bonds is 7. The highest BCUT2D eigenvalue weighted by molar-refractivity contribution is 5.83. The van der Waals surface area contributed by atoms with Crippen LogP contribution in [0.1, 0.15) is 46.0 Å². The molecule has 2 N–H and O–H groups in total. The molecular formula is C17H32N2O3. The standard InChI is InChI=1S/C17H32N2O3/c1-5-17(6-2)13(11-14(17)22-4)19-15(20)16(12-21-3)7-9-18-10-8-16/h13-14,18H,5-12H2,1-4H3,(H,19,20). The van der Waals surface area contributed by atoms with Gasteiger partial charge in [0.05, 0.1) is 18.1 Å². The average molecular weight is 312 g/mol. The minimum absolute atomic E-state index is 0.0889. The summed E-state index contributed by atoms with van der Waals surface area (Å²) < 4.78 is 11.0. The highest BCUT2D eigenvalue weighted by Crippen LogP contribution is 2.49. The van der Waals surface area contributed by atoms with Crippen molar-refractivity contribution in [2.75, 3.05) is 33.9 Å². The Kier molecular flexibility index (Phi) is 5.86. The van der Waals surface area contributed by atoms with Gasteiger partial charge in [0.25, 0.3) is 0 Å². The zero-order valence-electron chi connectivity index (χ0n) is 14.5. The summed E-state index contributed by atoms with van der Waals surface area (Å²) in [5.41, 5.74) is -0.281. The molecule has 0 bridgehead atoms. The Labute approximate surface area is 134 Å². The Morgan fingerprint density at radius 3 is 2.36 bits per heavy atom. The van der Waals surface area contributed by atoms with Crippen LogP contribution in [0.15, 0.2) is 0 Å². The average Bonchev–Trinajstić information content (AvgIpc) is 2.53. The number of hydrogen-bond donors (Lipinski definition) is 2. The molecule has 2 rings (SSSR count). The molecule has 5 nitrogen and oxygen atoms in total. The van der Waals surface area contributed by atoms with Crippen LogP contribution < -0.4 is 10.6 Å². The first-order valence-electron chi connectivity index (χ1n) is 8.62. The van der Waals surface area contributed by atoms with Gasteiger partial charge in [-0.1, -0.05) is 13.8 Å². The summed E-state index contributed by atoms with van der Waals surface area (Å²) in [7, 11) is 3.46. The summed E-state index contributed by atoms with van der Waals surface area (Å²) in [5, 5.41) is 6.68. The number of amides is 1. The second-order valence-corrected chi connectivity index (χ2v) is 6.89. The number of ether oxygens (including phenoxy) is 2. The summed E-state index contributed by atoms with van der Waals surface area (Å²) in [6, 6.07) is 0.226. The fraction of sp³-hybridized carbons (Fsp3) is 0.941. The number of nitrogens with one attached hydrogen (secondary N) is 2. The predicted octanol–water partition coefficient (Wildman–Crippen LogP) is 1.71. The maximum absolute atomic E-state index is 13.0. The third kappa shape index (κ3) is 2.91. The normalized spacial score (nSPS) is 29.6. The molecule has 22 heavy (non-hydrogen) atoms. The van der Waals surface area contributed by atoms with Crippen LogP contribution in [-0.2, 0) is 14.3 Å². The molecule has 0 aromatic carbocycles. The molecule has 1 amide bonds. The molecule has 1 saturated heterocycles. The minimum Gasteiger partial charge on any atom is -0.384 e. The quantitative estimate of drug-likeness (QED) is 0.751. The molecular weight excluding hydrogens is 280 g/mol. The van der Waals surface area contributed by atoms with Gasteiger partial charge in [-0.3, -0.25) is 4.79 Å². The van der Waals surface area contributed by atoms with E-state index in [1.807, 2.05) is 0 Å². The molecule has 128 valence electrons. The molecule has 2 fully saturated rings. The van der Waals surface area contributed by atoms with Gasteiger partial charge in [0.2, 0.25) is 5.91 Å². The van der Waals surface area contributed by atoms with Crippen LogP contribution in [-0.4, -0.2) is 52.0 Å². The summed E-state index contributed by atoms with van der Waals surface area (Å²) in [4.78, 5) is 13.0. The number of hydrogen-bond acceptors (Lipinski definition) is 4. The van der Waals surface area contributed by atoms with Crippen LogP contribution >= 0.6 is 0 Å². The minimum atomic E-state index is -0.370. The predicted molar refractivity (Wildman–Crippen MR) is 86.8 cm³/mol. The van der Waals surface area contributed by atoms with Crippen molar-refractivity contribution in [2.45, 2.75) is 58.1 Å². The van der Waals surface area contributed by atoms with E-state index in [4.69, 9.17) is 9.47 Å². The van der Waals surface area contributed by atoms with Gasteiger partial charge in [-0.05, 0) is 45.2 Å². The fourth-order valence-electron chi connectivity index (χ4n) is 4.41. The lowest BCUT2D eigenvalue weighted by Gasteiger charge is -2.55. The molecule has 1 aliphatic carbocycles. The summed E-state index contributed by atoms with van der Waals surface area (Å²) in [6.45, 7) is 6.67. The Morgan fingerprint density at radius 1 is 1.23 bits per heavy atom. The smallest absolute Gasteiger partial charge is 0.228 e. The second-order valence-electron chi connectivity index (χ2n) is 6.89. The topological polar surface area (TPSA) is 59.6 Å². The van der Waals surface area contributed by atoms with Crippen LogP contribution in [0.2, 0.25) is 0 Å². The first kappa shape index (κ1) is 17.7. The molecule has 0 aromatic rings. The van der Waals surface area contributed by atoms with Gasteiger partial charge in [-0.25, -0.2) is 0 Å². The van der Waals surface area contributed by atoms with Crippen molar-refractivity contribution in [3.63, 3.8) is 0 Å². The van der Waals surface area contributed by atoms with Crippen LogP contribution in [0.25, 0.3) is 0 Å². The third-order valence-corrected chi connectivity index (χ3v) is 6.15. The van der Waals surface area contributed by atoms with Crippen molar-refractivity contribution in [3.8, 4) is 0 Å². The van der Waals surface area contributed by atoms with Crippen molar-refractivity contribution in [2.24, 2.45) is 10.8 Å². The monoisotopic (exact) mass is 312 g/mol. The maximum atomic E-state index is 13.0. The maximum Gasteiger partial charge on any atom is 0.228 e. The molecule has 1 saturated carbocycles. The molecule has 2 unspecified atom stereocenters. The first-order valence-corrected chi connectivity index (χ1v) is 8.62. The van der Waals surface area contributed by atoms with Gasteiger partial charge < -0.3 is 20.1 Å². The van der Waals surface area contributed by atoms with Crippen LogP contribution in [0.3, 0.4) is 0 Å². The molecule has 1 heterocycles. The van der Waals surface area contributed by atoms with Gasteiger partial charge in [-0.15, -0.1) is 0 Å².